The van der Waals surface area contributed by atoms with E-state index in [1.54, 1.807) is 0 Å². The second-order valence-electron chi connectivity index (χ2n) is 9.27. The van der Waals surface area contributed by atoms with Crippen molar-refractivity contribution >= 4 is 58.3 Å². The molecule has 38 heavy (non-hydrogen) atoms. The summed E-state index contributed by atoms with van der Waals surface area (Å²) in [6.07, 6.45) is 8.80. The van der Waals surface area contributed by atoms with Crippen LogP contribution < -0.4 is 0 Å². The highest BCUT2D eigenvalue weighted by Crippen LogP contribution is 2.27. The summed E-state index contributed by atoms with van der Waals surface area (Å²) < 4.78 is 11.0. The van der Waals surface area contributed by atoms with E-state index in [9.17, 15) is 9.59 Å². The van der Waals surface area contributed by atoms with Crippen LogP contribution in [0.1, 0.15) is 81.3 Å². The molecule has 3 aromatic rings. The number of carbonyl (C=O) groups is 2. The molecule has 8 bridgehead atoms. The van der Waals surface area contributed by atoms with Crippen LogP contribution >= 0.6 is 0 Å². The van der Waals surface area contributed by atoms with Gasteiger partial charge < -0.3 is 19.4 Å². The normalized spacial score (nSPS) is 12.1. The van der Waals surface area contributed by atoms with Crippen LogP contribution in [-0.4, -0.2) is 45.1 Å². The third-order valence-electron chi connectivity index (χ3n) is 6.56. The zero-order chi connectivity index (χ0) is 26.8. The Labute approximate surface area is 220 Å². The maximum atomic E-state index is 13.1. The molecule has 0 aliphatic carbocycles. The zero-order valence-corrected chi connectivity index (χ0v) is 22.0. The van der Waals surface area contributed by atoms with Crippen molar-refractivity contribution in [2.75, 3.05) is 13.2 Å². The highest BCUT2D eigenvalue weighted by molar-refractivity contribution is 6.03. The van der Waals surface area contributed by atoms with E-state index in [1.807, 2.05) is 76.3 Å². The lowest BCUT2D eigenvalue weighted by Gasteiger charge is -2.05. The number of aromatic nitrogens is 4. The van der Waals surface area contributed by atoms with Crippen LogP contribution in [0.2, 0.25) is 0 Å². The van der Waals surface area contributed by atoms with E-state index in [1.165, 1.54) is 0 Å². The Kier molecular flexibility index (Phi) is 6.96. The minimum absolute atomic E-state index is 0.324. The van der Waals surface area contributed by atoms with Gasteiger partial charge in [-0.15, -0.1) is 0 Å². The van der Waals surface area contributed by atoms with Crippen molar-refractivity contribution in [3.8, 4) is 0 Å². The number of nitrogens with one attached hydrogen (secondary N) is 2. The molecule has 0 radical (unpaired) electrons. The molecule has 0 aromatic carbocycles. The molecule has 0 atom stereocenters. The second-order valence-corrected chi connectivity index (χ2v) is 9.27. The first-order valence-electron chi connectivity index (χ1n) is 12.8. The van der Waals surface area contributed by atoms with Crippen LogP contribution in [0, 0.1) is 13.8 Å². The quantitative estimate of drug-likeness (QED) is 0.256. The van der Waals surface area contributed by atoms with E-state index in [4.69, 9.17) is 19.4 Å². The Balaban J connectivity index is 1.87. The fourth-order valence-electron chi connectivity index (χ4n) is 4.46. The van der Waals surface area contributed by atoms with E-state index in [0.717, 1.165) is 35.0 Å². The number of nitrogens with zero attached hydrogens (tertiary/aromatic N) is 2. The van der Waals surface area contributed by atoms with Gasteiger partial charge in [0.05, 0.1) is 47.0 Å². The number of aryl methyl sites for hydroxylation is 1. The van der Waals surface area contributed by atoms with Gasteiger partial charge in [0.1, 0.15) is 11.1 Å². The van der Waals surface area contributed by atoms with Crippen molar-refractivity contribution in [3.63, 3.8) is 0 Å². The number of carbonyl (C=O) groups excluding carboxylic acids is 2. The molecule has 0 spiro atoms. The highest BCUT2D eigenvalue weighted by atomic mass is 16.5. The molecule has 5 heterocycles. The van der Waals surface area contributed by atoms with E-state index in [2.05, 4.69) is 9.97 Å². The van der Waals surface area contributed by atoms with Gasteiger partial charge in [-0.3, -0.25) is 0 Å². The molecule has 2 N–H and O–H groups in total. The minimum Gasteiger partial charge on any atom is -0.462 e. The maximum Gasteiger partial charge on any atom is 0.342 e. The molecule has 0 saturated carbocycles. The Bertz CT molecular complexity index is 1540. The number of rotatable bonds is 6. The van der Waals surface area contributed by atoms with Gasteiger partial charge >= 0.3 is 11.9 Å². The Morgan fingerprint density at radius 2 is 1.03 bits per heavy atom. The van der Waals surface area contributed by atoms with Gasteiger partial charge in [-0.25, -0.2) is 19.6 Å². The van der Waals surface area contributed by atoms with Crippen LogP contribution in [0.3, 0.4) is 0 Å². The van der Waals surface area contributed by atoms with Crippen molar-refractivity contribution < 1.29 is 19.1 Å². The van der Waals surface area contributed by atoms with Gasteiger partial charge in [0, 0.05) is 16.6 Å². The molecule has 194 valence electrons. The number of aromatic amines is 2. The lowest BCUT2D eigenvalue weighted by Crippen LogP contribution is -2.08. The molecule has 8 nitrogen and oxygen atoms in total. The Morgan fingerprint density at radius 1 is 0.632 bits per heavy atom. The molecular formula is C30H30N4O4. The van der Waals surface area contributed by atoms with Gasteiger partial charge in [-0.05, 0) is 80.8 Å². The summed E-state index contributed by atoms with van der Waals surface area (Å²) in [5.41, 5.74) is 7.76. The number of ether oxygens (including phenoxy) is 2. The summed E-state index contributed by atoms with van der Waals surface area (Å²) in [5.74, 6) is -0.857. The molecular weight excluding hydrogens is 480 g/mol. The summed E-state index contributed by atoms with van der Waals surface area (Å²) in [6.45, 7) is 8.45. The monoisotopic (exact) mass is 510 g/mol. The van der Waals surface area contributed by atoms with E-state index in [-0.39, 0.29) is 0 Å². The van der Waals surface area contributed by atoms with Gasteiger partial charge in [-0.1, -0.05) is 13.8 Å². The number of fused-ring (bicyclic) bond motifs is 8. The van der Waals surface area contributed by atoms with Crippen LogP contribution in [0.4, 0.5) is 0 Å². The molecule has 0 fully saturated rings. The fraction of sp³-hybridized carbons (Fsp3) is 0.267. The SMILES string of the molecule is CCCOC(=O)c1c2nc(c(C)c3nc(c(C(=O)OCCC)c4ccc([nH]4)c(C)c4ccc1[nH]4)C=C3)C=C2. The molecule has 0 saturated heterocycles. The molecule has 8 heteroatoms. The van der Waals surface area contributed by atoms with Crippen molar-refractivity contribution in [1.82, 2.24) is 19.9 Å². The molecule has 3 aromatic heterocycles. The lowest BCUT2D eigenvalue weighted by atomic mass is 10.2. The minimum atomic E-state index is -0.429. The lowest BCUT2D eigenvalue weighted by molar-refractivity contribution is 0.0497. The van der Waals surface area contributed by atoms with Crippen LogP contribution in [0.5, 0.6) is 0 Å². The van der Waals surface area contributed by atoms with Crippen LogP contribution in [-0.2, 0) is 9.47 Å². The zero-order valence-electron chi connectivity index (χ0n) is 22.0. The molecule has 5 rings (SSSR count). The van der Waals surface area contributed by atoms with Gasteiger partial charge in [0.25, 0.3) is 0 Å². The predicted octanol–water partition coefficient (Wildman–Crippen LogP) is 6.41. The van der Waals surface area contributed by atoms with Crippen LogP contribution in [0.25, 0.3) is 46.4 Å². The van der Waals surface area contributed by atoms with Gasteiger partial charge in [0.2, 0.25) is 0 Å². The average molecular weight is 511 g/mol. The molecule has 0 unspecified atom stereocenters. The molecule has 0 amide bonds. The topological polar surface area (TPSA) is 110 Å². The number of hydrogen-bond donors (Lipinski definition) is 2. The fourth-order valence-corrected chi connectivity index (χ4v) is 4.46. The summed E-state index contributed by atoms with van der Waals surface area (Å²) >= 11 is 0. The third kappa shape index (κ3) is 4.65. The first-order valence-corrected chi connectivity index (χ1v) is 12.8. The Morgan fingerprint density at radius 3 is 1.45 bits per heavy atom. The number of esters is 2. The standard InChI is InChI=1S/C30H30N4O4/c1-5-15-37-29(35)27-23-11-7-19(31-23)17(3)21-9-13-25(33-21)28(30(36)38-16-6-2)26-14-10-22(34-26)18(4)20-8-12-24(27)32-20/h7-14,31,33H,5-6,15-16H2,1-4H3. The summed E-state index contributed by atoms with van der Waals surface area (Å²) in [5, 5.41) is 0. The highest BCUT2D eigenvalue weighted by Gasteiger charge is 2.21. The van der Waals surface area contributed by atoms with Crippen molar-refractivity contribution in [2.24, 2.45) is 0 Å². The molecule has 2 aliphatic rings. The maximum absolute atomic E-state index is 13.1. The predicted molar refractivity (Wildman–Crippen MR) is 149 cm³/mol. The van der Waals surface area contributed by atoms with Gasteiger partial charge in [0.15, 0.2) is 0 Å². The van der Waals surface area contributed by atoms with Crippen LogP contribution in [0.15, 0.2) is 24.3 Å². The summed E-state index contributed by atoms with van der Waals surface area (Å²) in [7, 11) is 0. The van der Waals surface area contributed by atoms with Crippen molar-refractivity contribution in [2.45, 2.75) is 40.5 Å². The first-order chi connectivity index (χ1) is 18.4. The summed E-state index contributed by atoms with van der Waals surface area (Å²) in [6, 6.07) is 7.56. The Hall–Kier alpha value is -4.46. The van der Waals surface area contributed by atoms with E-state index in [0.29, 0.717) is 58.1 Å². The van der Waals surface area contributed by atoms with E-state index >= 15 is 0 Å². The third-order valence-corrected chi connectivity index (χ3v) is 6.56. The number of H-pyrrole nitrogens is 2. The largest absolute Gasteiger partial charge is 0.462 e. The van der Waals surface area contributed by atoms with Gasteiger partial charge in [-0.2, -0.15) is 0 Å². The smallest absolute Gasteiger partial charge is 0.342 e. The second kappa shape index (κ2) is 10.5. The number of hydrogen-bond acceptors (Lipinski definition) is 6. The summed E-state index contributed by atoms with van der Waals surface area (Å²) in [4.78, 5) is 42.6. The van der Waals surface area contributed by atoms with E-state index < -0.39 is 11.9 Å². The molecule has 2 aliphatic heterocycles. The first kappa shape index (κ1) is 25.2. The van der Waals surface area contributed by atoms with Crippen molar-refractivity contribution in [1.29, 1.82) is 0 Å². The average Bonchev–Trinajstić information content (AvgIpc) is 3.72. The van der Waals surface area contributed by atoms with Crippen molar-refractivity contribution in [3.05, 3.63) is 69.3 Å².